The van der Waals surface area contributed by atoms with Crippen molar-refractivity contribution in [2.45, 2.75) is 19.3 Å². The lowest BCUT2D eigenvalue weighted by Gasteiger charge is -2.15. The number of hydrogen-bond acceptors (Lipinski definition) is 4. The molecule has 5 rings (SSSR count). The van der Waals surface area contributed by atoms with Gasteiger partial charge in [0.05, 0.1) is 0 Å². The van der Waals surface area contributed by atoms with Crippen molar-refractivity contribution >= 4 is 44.1 Å². The van der Waals surface area contributed by atoms with Gasteiger partial charge in [0.15, 0.2) is 0 Å². The number of nitrogens with zero attached hydrogens (tertiary/aromatic N) is 2. The number of nitrogens with one attached hydrogen (secondary N) is 1. The largest absolute Gasteiger partial charge is 0.351 e. The Morgan fingerprint density at radius 1 is 1.12 bits per heavy atom. The predicted octanol–water partition coefficient (Wildman–Crippen LogP) is 5.00. The van der Waals surface area contributed by atoms with Crippen LogP contribution in [-0.4, -0.2) is 41.3 Å². The van der Waals surface area contributed by atoms with Crippen LogP contribution in [0.1, 0.15) is 28.9 Å². The molecule has 2 aromatic carbocycles. The Hall–Kier alpha value is -3.32. The van der Waals surface area contributed by atoms with E-state index in [0.717, 1.165) is 34.2 Å². The first-order valence-corrected chi connectivity index (χ1v) is 11.6. The number of thiophene rings is 1. The summed E-state index contributed by atoms with van der Waals surface area (Å²) in [5.74, 6) is -0.345. The molecule has 1 N–H and O–H groups in total. The molecule has 0 spiro atoms. The van der Waals surface area contributed by atoms with E-state index < -0.39 is 0 Å². The summed E-state index contributed by atoms with van der Waals surface area (Å²) < 4.78 is 15.1. The molecule has 1 saturated heterocycles. The second kappa shape index (κ2) is 8.67. The van der Waals surface area contributed by atoms with E-state index in [1.165, 1.54) is 17.4 Å². The number of hydrogen-bond donors (Lipinski definition) is 1. The summed E-state index contributed by atoms with van der Waals surface area (Å²) in [6.07, 6.45) is 3.90. The second-order valence-electron chi connectivity index (χ2n) is 7.90. The molecule has 0 bridgehead atoms. The Labute approximate surface area is 188 Å². The van der Waals surface area contributed by atoms with Gasteiger partial charge in [0, 0.05) is 53.3 Å². The molecule has 0 unspecified atom stereocenters. The Balaban J connectivity index is 1.48. The van der Waals surface area contributed by atoms with E-state index >= 15 is 0 Å². The Kier molecular flexibility index (Phi) is 5.57. The van der Waals surface area contributed by atoms with Gasteiger partial charge in [0.1, 0.15) is 16.2 Å². The van der Waals surface area contributed by atoms with E-state index in [9.17, 15) is 14.0 Å². The van der Waals surface area contributed by atoms with Crippen molar-refractivity contribution in [1.82, 2.24) is 15.2 Å². The molecular formula is C25H22FN3O2S. The van der Waals surface area contributed by atoms with Gasteiger partial charge in [-0.15, -0.1) is 11.3 Å². The predicted molar refractivity (Wildman–Crippen MR) is 125 cm³/mol. The van der Waals surface area contributed by atoms with Crippen LogP contribution in [0.25, 0.3) is 32.1 Å². The number of aromatic nitrogens is 1. The summed E-state index contributed by atoms with van der Waals surface area (Å²) in [7, 11) is 0. The highest BCUT2D eigenvalue weighted by Crippen LogP contribution is 2.41. The number of para-hydroxylation sites is 1. The highest BCUT2D eigenvalue weighted by Gasteiger charge is 2.23. The number of carbonyl (C=O) groups is 2. The quantitative estimate of drug-likeness (QED) is 0.423. The number of carbonyl (C=O) groups excluding carboxylic acids is 2. The van der Waals surface area contributed by atoms with Crippen LogP contribution in [0.5, 0.6) is 0 Å². The van der Waals surface area contributed by atoms with Crippen LogP contribution < -0.4 is 5.32 Å². The van der Waals surface area contributed by atoms with Crippen LogP contribution in [0.15, 0.2) is 54.7 Å². The third-order valence-electron chi connectivity index (χ3n) is 5.83. The molecule has 32 heavy (non-hydrogen) atoms. The fourth-order valence-corrected chi connectivity index (χ4v) is 5.51. The van der Waals surface area contributed by atoms with Crippen molar-refractivity contribution in [2.24, 2.45) is 0 Å². The average Bonchev–Trinajstić information content (AvgIpc) is 3.41. The van der Waals surface area contributed by atoms with Gasteiger partial charge in [-0.25, -0.2) is 4.39 Å². The summed E-state index contributed by atoms with van der Waals surface area (Å²) in [5.41, 5.74) is 2.05. The molecule has 2 amide bonds. The maximum Gasteiger partial charge on any atom is 0.262 e. The number of halogens is 1. The van der Waals surface area contributed by atoms with E-state index in [-0.39, 0.29) is 17.6 Å². The number of amides is 2. The lowest BCUT2D eigenvalue weighted by Crippen LogP contribution is -2.30. The van der Waals surface area contributed by atoms with Crippen molar-refractivity contribution in [3.8, 4) is 11.1 Å². The Bertz CT molecular complexity index is 1320. The molecule has 4 aromatic rings. The van der Waals surface area contributed by atoms with Gasteiger partial charge in [-0.3, -0.25) is 14.6 Å². The molecule has 1 aliphatic rings. The Morgan fingerprint density at radius 2 is 1.97 bits per heavy atom. The number of rotatable bonds is 6. The number of fused-ring (bicyclic) bond motifs is 3. The first-order valence-electron chi connectivity index (χ1n) is 10.7. The average molecular weight is 448 g/mol. The molecule has 1 fully saturated rings. The highest BCUT2D eigenvalue weighted by molar-refractivity contribution is 7.22. The Morgan fingerprint density at radius 3 is 2.75 bits per heavy atom. The third-order valence-corrected chi connectivity index (χ3v) is 7.07. The van der Waals surface area contributed by atoms with Crippen LogP contribution in [0.2, 0.25) is 0 Å². The van der Waals surface area contributed by atoms with Gasteiger partial charge in [-0.1, -0.05) is 42.5 Å². The normalized spacial score (nSPS) is 13.9. The van der Waals surface area contributed by atoms with E-state index in [1.54, 1.807) is 12.3 Å². The standard InChI is InChI=1S/C25H22FN3O2S/c26-19-10-4-9-17-22(19)28-15-18-21(16-7-2-1-3-8-16)24(32-23(17)18)25(31)27-12-6-14-29-13-5-11-20(29)30/h1-4,7-10,15H,5-6,11-14H2,(H,27,31). The number of benzene rings is 2. The molecule has 0 saturated carbocycles. The van der Waals surface area contributed by atoms with Gasteiger partial charge in [-0.05, 0) is 24.5 Å². The lowest BCUT2D eigenvalue weighted by molar-refractivity contribution is -0.127. The first-order chi connectivity index (χ1) is 15.6. The molecule has 0 atom stereocenters. The zero-order chi connectivity index (χ0) is 22.1. The summed E-state index contributed by atoms with van der Waals surface area (Å²) in [5, 5.41) is 4.55. The smallest absolute Gasteiger partial charge is 0.262 e. The molecule has 162 valence electrons. The maximum atomic E-state index is 14.3. The van der Waals surface area contributed by atoms with Crippen LogP contribution >= 0.6 is 11.3 Å². The van der Waals surface area contributed by atoms with Crippen molar-refractivity contribution in [3.63, 3.8) is 0 Å². The topological polar surface area (TPSA) is 62.3 Å². The van der Waals surface area contributed by atoms with Crippen molar-refractivity contribution < 1.29 is 14.0 Å². The van der Waals surface area contributed by atoms with Crippen LogP contribution in [0, 0.1) is 5.82 Å². The van der Waals surface area contributed by atoms with Crippen molar-refractivity contribution in [3.05, 3.63) is 65.4 Å². The summed E-state index contributed by atoms with van der Waals surface area (Å²) in [4.78, 5) is 31.8. The SMILES string of the molecule is O=C(NCCCN1CCCC1=O)c1sc2c(cnc3c(F)cccc32)c1-c1ccccc1. The fraction of sp³-hybridized carbons (Fsp3) is 0.240. The van der Waals surface area contributed by atoms with Crippen LogP contribution in [0.3, 0.4) is 0 Å². The van der Waals surface area contributed by atoms with Gasteiger partial charge in [0.2, 0.25) is 5.91 Å². The lowest BCUT2D eigenvalue weighted by atomic mass is 10.0. The molecular weight excluding hydrogens is 425 g/mol. The minimum atomic E-state index is -0.374. The molecule has 7 heteroatoms. The highest BCUT2D eigenvalue weighted by atomic mass is 32.1. The van der Waals surface area contributed by atoms with E-state index in [2.05, 4.69) is 10.3 Å². The summed E-state index contributed by atoms with van der Waals surface area (Å²) >= 11 is 1.37. The minimum absolute atomic E-state index is 0.164. The molecule has 2 aromatic heterocycles. The zero-order valence-corrected chi connectivity index (χ0v) is 18.3. The number of likely N-dealkylation sites (tertiary alicyclic amines) is 1. The van der Waals surface area contributed by atoms with E-state index in [0.29, 0.717) is 41.7 Å². The minimum Gasteiger partial charge on any atom is -0.351 e. The number of pyridine rings is 1. The van der Waals surface area contributed by atoms with E-state index in [4.69, 9.17) is 0 Å². The van der Waals surface area contributed by atoms with Gasteiger partial charge < -0.3 is 10.2 Å². The van der Waals surface area contributed by atoms with Crippen molar-refractivity contribution in [2.75, 3.05) is 19.6 Å². The molecule has 0 aliphatic carbocycles. The summed E-state index contributed by atoms with van der Waals surface area (Å²) in [6.45, 7) is 1.95. The van der Waals surface area contributed by atoms with E-state index in [1.807, 2.05) is 41.3 Å². The molecule has 1 aliphatic heterocycles. The maximum absolute atomic E-state index is 14.3. The monoisotopic (exact) mass is 447 g/mol. The van der Waals surface area contributed by atoms with Crippen LogP contribution in [0.4, 0.5) is 4.39 Å². The zero-order valence-electron chi connectivity index (χ0n) is 17.4. The fourth-order valence-electron chi connectivity index (χ4n) is 4.27. The molecule has 5 nitrogen and oxygen atoms in total. The van der Waals surface area contributed by atoms with Gasteiger partial charge in [0.25, 0.3) is 5.91 Å². The summed E-state index contributed by atoms with van der Waals surface area (Å²) in [6, 6.07) is 14.6. The third kappa shape index (κ3) is 3.73. The van der Waals surface area contributed by atoms with Crippen LogP contribution in [-0.2, 0) is 4.79 Å². The van der Waals surface area contributed by atoms with Gasteiger partial charge >= 0.3 is 0 Å². The first kappa shape index (κ1) is 20.6. The molecule has 0 radical (unpaired) electrons. The van der Waals surface area contributed by atoms with Crippen molar-refractivity contribution in [1.29, 1.82) is 0 Å². The molecule has 3 heterocycles. The van der Waals surface area contributed by atoms with Gasteiger partial charge in [-0.2, -0.15) is 0 Å². The second-order valence-corrected chi connectivity index (χ2v) is 8.92.